The summed E-state index contributed by atoms with van der Waals surface area (Å²) in [6.45, 7) is 7.39. The molecule has 0 saturated carbocycles. The predicted molar refractivity (Wildman–Crippen MR) is 124 cm³/mol. The van der Waals surface area contributed by atoms with Crippen molar-refractivity contribution in [2.75, 3.05) is 12.4 Å². The van der Waals surface area contributed by atoms with Crippen molar-refractivity contribution in [1.29, 1.82) is 0 Å². The number of anilines is 1. The van der Waals surface area contributed by atoms with Crippen LogP contribution in [-0.2, 0) is 17.9 Å². The number of guanidine groups is 1. The maximum absolute atomic E-state index is 6.12. The number of hydrogen-bond donors (Lipinski definition) is 3. The molecule has 0 bridgehead atoms. The number of aromatic amines is 1. The average Bonchev–Trinajstić information content (AvgIpc) is 2.90. The third-order valence-corrected chi connectivity index (χ3v) is 4.64. The summed E-state index contributed by atoms with van der Waals surface area (Å²) in [5.41, 5.74) is 14.1. The third-order valence-electron chi connectivity index (χ3n) is 4.64. The number of hydrogen-bond acceptors (Lipinski definition) is 2. The van der Waals surface area contributed by atoms with Crippen molar-refractivity contribution in [3.63, 3.8) is 0 Å². The van der Waals surface area contributed by atoms with E-state index in [1.165, 1.54) is 22.2 Å². The Morgan fingerprint density at radius 3 is 2.63 bits per heavy atom. The van der Waals surface area contributed by atoms with Gasteiger partial charge in [-0.1, -0.05) is 29.8 Å². The van der Waals surface area contributed by atoms with Crippen LogP contribution in [0.2, 0.25) is 0 Å². The average molecular weight is 478 g/mol. The van der Waals surface area contributed by atoms with Gasteiger partial charge >= 0.3 is 0 Å². The fraction of sp³-hybridized carbons (Fsp3) is 0.286. The number of methoxy groups -OCH3 is 1. The van der Waals surface area contributed by atoms with Crippen LogP contribution in [-0.4, -0.2) is 18.1 Å². The second-order valence-electron chi connectivity index (χ2n) is 6.64. The van der Waals surface area contributed by atoms with Gasteiger partial charge in [-0.25, -0.2) is 4.99 Å². The topological polar surface area (TPSA) is 75.4 Å². The molecular weight excluding hydrogens is 451 g/mol. The number of halogens is 1. The lowest BCUT2D eigenvalue weighted by Crippen LogP contribution is -2.23. The number of H-pyrrole nitrogens is 1. The van der Waals surface area contributed by atoms with E-state index in [2.05, 4.69) is 48.2 Å². The van der Waals surface area contributed by atoms with Gasteiger partial charge in [-0.3, -0.25) is 0 Å². The Hall–Kier alpha value is -2.06. The molecule has 1 aromatic heterocycles. The highest BCUT2D eigenvalue weighted by Gasteiger charge is 2.09. The van der Waals surface area contributed by atoms with Gasteiger partial charge in [0.25, 0.3) is 0 Å². The molecule has 0 radical (unpaired) electrons. The quantitative estimate of drug-likeness (QED) is 0.281. The van der Waals surface area contributed by atoms with E-state index in [0.717, 1.165) is 22.3 Å². The van der Waals surface area contributed by atoms with E-state index in [-0.39, 0.29) is 24.0 Å². The number of aromatic nitrogens is 1. The monoisotopic (exact) mass is 478 g/mol. The first-order valence-electron chi connectivity index (χ1n) is 8.71. The zero-order valence-corrected chi connectivity index (χ0v) is 18.5. The fourth-order valence-corrected chi connectivity index (χ4v) is 3.18. The van der Waals surface area contributed by atoms with E-state index in [1.807, 2.05) is 24.3 Å². The second kappa shape index (κ2) is 9.23. The first kappa shape index (κ1) is 21.2. The van der Waals surface area contributed by atoms with E-state index in [0.29, 0.717) is 19.1 Å². The predicted octanol–water partition coefficient (Wildman–Crippen LogP) is 4.78. The van der Waals surface area contributed by atoms with E-state index in [1.54, 1.807) is 7.11 Å². The van der Waals surface area contributed by atoms with Gasteiger partial charge in [0.05, 0.1) is 18.7 Å². The number of para-hydroxylation sites is 1. The molecule has 5 nitrogen and oxygen atoms in total. The molecule has 2 aromatic carbocycles. The minimum absolute atomic E-state index is 0. The Balaban J connectivity index is 0.00000261. The number of ether oxygens (including phenoxy) is 1. The van der Waals surface area contributed by atoms with Crippen LogP contribution in [0.4, 0.5) is 5.69 Å². The smallest absolute Gasteiger partial charge is 0.193 e. The SMILES string of the molecule is COCc1ccccc1NC(N)=NCc1cc(C)cc2c(C)c(C)[nH]c12.I. The second-order valence-corrected chi connectivity index (χ2v) is 6.64. The maximum Gasteiger partial charge on any atom is 0.193 e. The summed E-state index contributed by atoms with van der Waals surface area (Å²) >= 11 is 0. The van der Waals surface area contributed by atoms with E-state index < -0.39 is 0 Å². The molecule has 1 heterocycles. The normalized spacial score (nSPS) is 11.5. The molecule has 3 aromatic rings. The Bertz CT molecular complexity index is 962. The summed E-state index contributed by atoms with van der Waals surface area (Å²) in [6.07, 6.45) is 0. The van der Waals surface area contributed by atoms with E-state index in [4.69, 9.17) is 10.5 Å². The molecule has 0 aliphatic heterocycles. The zero-order chi connectivity index (χ0) is 18.7. The van der Waals surface area contributed by atoms with Crippen LogP contribution in [0.15, 0.2) is 41.4 Å². The molecule has 0 unspecified atom stereocenters. The molecule has 0 fully saturated rings. The van der Waals surface area contributed by atoms with Gasteiger partial charge in [-0.05, 0) is 44.0 Å². The number of rotatable bonds is 5. The van der Waals surface area contributed by atoms with Gasteiger partial charge in [0, 0.05) is 29.4 Å². The number of fused-ring (bicyclic) bond motifs is 1. The van der Waals surface area contributed by atoms with Crippen LogP contribution in [0.1, 0.15) is 27.9 Å². The van der Waals surface area contributed by atoms with Gasteiger partial charge in [0.1, 0.15) is 0 Å². The summed E-state index contributed by atoms with van der Waals surface area (Å²) in [5, 5.41) is 4.44. The summed E-state index contributed by atoms with van der Waals surface area (Å²) in [6, 6.07) is 12.3. The molecule has 3 rings (SSSR count). The lowest BCUT2D eigenvalue weighted by Gasteiger charge is -2.11. The molecule has 0 aliphatic carbocycles. The van der Waals surface area contributed by atoms with Crippen LogP contribution in [0.3, 0.4) is 0 Å². The maximum atomic E-state index is 6.12. The van der Waals surface area contributed by atoms with Gasteiger partial charge in [0.2, 0.25) is 0 Å². The van der Waals surface area contributed by atoms with Crippen LogP contribution >= 0.6 is 24.0 Å². The van der Waals surface area contributed by atoms with Gasteiger partial charge < -0.3 is 20.8 Å². The highest BCUT2D eigenvalue weighted by molar-refractivity contribution is 14.0. The first-order chi connectivity index (χ1) is 12.5. The van der Waals surface area contributed by atoms with Gasteiger partial charge in [0.15, 0.2) is 5.96 Å². The van der Waals surface area contributed by atoms with Crippen molar-refractivity contribution >= 4 is 46.5 Å². The zero-order valence-electron chi connectivity index (χ0n) is 16.2. The molecule has 144 valence electrons. The highest BCUT2D eigenvalue weighted by Crippen LogP contribution is 2.26. The Morgan fingerprint density at radius 1 is 1.15 bits per heavy atom. The fourth-order valence-electron chi connectivity index (χ4n) is 3.18. The summed E-state index contributed by atoms with van der Waals surface area (Å²) in [4.78, 5) is 8.02. The number of benzene rings is 2. The Kier molecular flexibility index (Phi) is 7.26. The number of aryl methyl sites for hydroxylation is 3. The van der Waals surface area contributed by atoms with Crippen LogP contribution in [0.5, 0.6) is 0 Å². The lowest BCUT2D eigenvalue weighted by atomic mass is 10.0. The van der Waals surface area contributed by atoms with E-state index >= 15 is 0 Å². The van der Waals surface area contributed by atoms with Crippen molar-refractivity contribution in [2.45, 2.75) is 33.9 Å². The van der Waals surface area contributed by atoms with Gasteiger partial charge in [-0.15, -0.1) is 24.0 Å². The van der Waals surface area contributed by atoms with Crippen LogP contribution in [0, 0.1) is 20.8 Å². The molecule has 0 saturated heterocycles. The van der Waals surface area contributed by atoms with Gasteiger partial charge in [-0.2, -0.15) is 0 Å². The number of nitrogens with two attached hydrogens (primary N) is 1. The summed E-state index contributed by atoms with van der Waals surface area (Å²) in [7, 11) is 1.68. The van der Waals surface area contributed by atoms with Crippen LogP contribution < -0.4 is 11.1 Å². The largest absolute Gasteiger partial charge is 0.380 e. The standard InChI is InChI=1S/C21H26N4O.HI/c1-13-9-17(20-18(10-13)14(2)15(3)24-20)11-23-21(22)25-19-8-6-5-7-16(19)12-26-4;/h5-10,24H,11-12H2,1-4H3,(H3,22,23,25);1H. The molecule has 0 amide bonds. The van der Waals surface area contributed by atoms with Crippen molar-refractivity contribution in [3.8, 4) is 0 Å². The van der Waals surface area contributed by atoms with Crippen molar-refractivity contribution in [1.82, 2.24) is 4.98 Å². The molecule has 0 spiro atoms. The number of nitrogens with zero attached hydrogens (tertiary/aromatic N) is 1. The lowest BCUT2D eigenvalue weighted by molar-refractivity contribution is 0.185. The summed E-state index contributed by atoms with van der Waals surface area (Å²) in [5.74, 6) is 0.392. The Labute approximate surface area is 177 Å². The molecule has 27 heavy (non-hydrogen) atoms. The molecular formula is C21H27IN4O. The molecule has 6 heteroatoms. The Morgan fingerprint density at radius 2 is 1.89 bits per heavy atom. The van der Waals surface area contributed by atoms with E-state index in [9.17, 15) is 0 Å². The molecule has 0 atom stereocenters. The minimum atomic E-state index is 0. The van der Waals surface area contributed by atoms with Crippen molar-refractivity contribution < 1.29 is 4.74 Å². The third kappa shape index (κ3) is 4.81. The number of nitrogens with one attached hydrogen (secondary N) is 2. The minimum Gasteiger partial charge on any atom is -0.380 e. The molecule has 0 aliphatic rings. The summed E-state index contributed by atoms with van der Waals surface area (Å²) < 4.78 is 5.23. The van der Waals surface area contributed by atoms with Crippen molar-refractivity contribution in [2.24, 2.45) is 10.7 Å². The highest BCUT2D eigenvalue weighted by atomic mass is 127. The molecule has 4 N–H and O–H groups in total. The number of aliphatic imine (C=N–C) groups is 1. The van der Waals surface area contributed by atoms with Crippen LogP contribution in [0.25, 0.3) is 10.9 Å². The first-order valence-corrected chi connectivity index (χ1v) is 8.71. The van der Waals surface area contributed by atoms with Crippen molar-refractivity contribution in [3.05, 3.63) is 64.3 Å².